The Morgan fingerprint density at radius 2 is 0.965 bits per heavy atom. The van der Waals surface area contributed by atoms with Crippen LogP contribution in [0.15, 0.2) is 60.8 Å². The van der Waals surface area contributed by atoms with Gasteiger partial charge in [0.15, 0.2) is 6.10 Å². The van der Waals surface area contributed by atoms with Crippen LogP contribution >= 0.6 is 7.82 Å². The lowest BCUT2D eigenvalue weighted by Crippen LogP contribution is -2.29. The van der Waals surface area contributed by atoms with Gasteiger partial charge in [-0.3, -0.25) is 18.6 Å². The topological polar surface area (TPSA) is 134 Å². The minimum Gasteiger partial charge on any atom is -0.462 e. The Morgan fingerprint density at radius 3 is 1.44 bits per heavy atom. The fourth-order valence-electron chi connectivity index (χ4n) is 6.07. The molecule has 0 saturated carbocycles. The zero-order chi connectivity index (χ0) is 41.8. The molecular formula is C47H84NO8P. The van der Waals surface area contributed by atoms with Crippen LogP contribution in [0.1, 0.15) is 194 Å². The van der Waals surface area contributed by atoms with Gasteiger partial charge in [-0.15, -0.1) is 0 Å². The quantitative estimate of drug-likeness (QED) is 0.0267. The highest BCUT2D eigenvalue weighted by Gasteiger charge is 2.26. The number of carbonyl (C=O) groups is 2. The van der Waals surface area contributed by atoms with Gasteiger partial charge in [0.2, 0.25) is 0 Å². The molecule has 2 unspecified atom stereocenters. The van der Waals surface area contributed by atoms with Gasteiger partial charge in [0.25, 0.3) is 0 Å². The van der Waals surface area contributed by atoms with Crippen molar-refractivity contribution in [3.8, 4) is 0 Å². The first kappa shape index (κ1) is 54.7. The predicted octanol–water partition coefficient (Wildman–Crippen LogP) is 13.3. The minimum atomic E-state index is -4.39. The highest BCUT2D eigenvalue weighted by atomic mass is 31.2. The number of allylic oxidation sites excluding steroid dienone is 10. The average Bonchev–Trinajstić information content (AvgIpc) is 3.20. The Balaban J connectivity index is 4.18. The molecule has 10 heteroatoms. The van der Waals surface area contributed by atoms with E-state index in [0.29, 0.717) is 12.8 Å². The van der Waals surface area contributed by atoms with E-state index in [4.69, 9.17) is 24.3 Å². The van der Waals surface area contributed by atoms with Crippen molar-refractivity contribution < 1.29 is 37.6 Å². The summed E-state index contributed by atoms with van der Waals surface area (Å²) in [6.07, 6.45) is 51.1. The van der Waals surface area contributed by atoms with Gasteiger partial charge in [-0.05, 0) is 57.8 Å². The molecule has 0 amide bonds. The second-order valence-electron chi connectivity index (χ2n) is 14.9. The molecule has 0 aromatic heterocycles. The van der Waals surface area contributed by atoms with Crippen LogP contribution in [0, 0.1) is 0 Å². The molecule has 0 spiro atoms. The Bertz CT molecular complexity index is 1120. The summed E-state index contributed by atoms with van der Waals surface area (Å²) in [6.45, 7) is 3.59. The molecule has 9 nitrogen and oxygen atoms in total. The normalized spacial score (nSPS) is 13.8. The summed E-state index contributed by atoms with van der Waals surface area (Å²) >= 11 is 0. The molecule has 330 valence electrons. The summed E-state index contributed by atoms with van der Waals surface area (Å²) in [6, 6.07) is 0. The molecule has 0 saturated heterocycles. The van der Waals surface area contributed by atoms with Gasteiger partial charge in [0.1, 0.15) is 6.61 Å². The zero-order valence-electron chi connectivity index (χ0n) is 36.3. The first-order valence-electron chi connectivity index (χ1n) is 22.8. The Kier molecular flexibility index (Phi) is 41.6. The number of ether oxygens (including phenoxy) is 2. The molecule has 3 N–H and O–H groups in total. The zero-order valence-corrected chi connectivity index (χ0v) is 37.2. The number of hydrogen-bond acceptors (Lipinski definition) is 8. The van der Waals surface area contributed by atoms with Crippen LogP contribution < -0.4 is 5.73 Å². The number of carbonyl (C=O) groups excluding carboxylic acids is 2. The van der Waals surface area contributed by atoms with Crippen LogP contribution in [-0.4, -0.2) is 49.3 Å². The maximum Gasteiger partial charge on any atom is 0.472 e. The third-order valence-corrected chi connectivity index (χ3v) is 10.4. The van der Waals surface area contributed by atoms with E-state index in [-0.39, 0.29) is 32.6 Å². The lowest BCUT2D eigenvalue weighted by molar-refractivity contribution is -0.161. The van der Waals surface area contributed by atoms with E-state index in [1.54, 1.807) is 0 Å². The van der Waals surface area contributed by atoms with Crippen molar-refractivity contribution in [1.82, 2.24) is 0 Å². The molecule has 0 aliphatic rings. The highest BCUT2D eigenvalue weighted by molar-refractivity contribution is 7.47. The molecule has 0 rings (SSSR count). The number of esters is 2. The van der Waals surface area contributed by atoms with E-state index in [9.17, 15) is 19.0 Å². The van der Waals surface area contributed by atoms with Crippen molar-refractivity contribution in [3.05, 3.63) is 60.8 Å². The van der Waals surface area contributed by atoms with E-state index in [1.807, 2.05) is 0 Å². The molecule has 0 aromatic carbocycles. The third kappa shape index (κ3) is 43.1. The number of phosphoric ester groups is 1. The molecule has 2 atom stereocenters. The second kappa shape index (κ2) is 43.3. The molecular weight excluding hydrogens is 737 g/mol. The molecule has 0 aliphatic heterocycles. The largest absolute Gasteiger partial charge is 0.472 e. The maximum atomic E-state index is 12.6. The van der Waals surface area contributed by atoms with Crippen molar-refractivity contribution in [2.24, 2.45) is 5.73 Å². The highest BCUT2D eigenvalue weighted by Crippen LogP contribution is 2.43. The van der Waals surface area contributed by atoms with Gasteiger partial charge in [0, 0.05) is 19.4 Å². The minimum absolute atomic E-state index is 0.0472. The van der Waals surface area contributed by atoms with E-state index >= 15 is 0 Å². The Morgan fingerprint density at radius 1 is 0.544 bits per heavy atom. The van der Waals surface area contributed by atoms with Gasteiger partial charge in [-0.1, -0.05) is 184 Å². The number of hydrogen-bond donors (Lipinski definition) is 2. The summed E-state index contributed by atoms with van der Waals surface area (Å²) in [4.78, 5) is 34.9. The maximum absolute atomic E-state index is 12.6. The van der Waals surface area contributed by atoms with Crippen molar-refractivity contribution in [1.29, 1.82) is 0 Å². The number of rotatable bonds is 42. The van der Waals surface area contributed by atoms with Crippen molar-refractivity contribution in [3.63, 3.8) is 0 Å². The van der Waals surface area contributed by atoms with Gasteiger partial charge < -0.3 is 20.1 Å². The second-order valence-corrected chi connectivity index (χ2v) is 16.3. The lowest BCUT2D eigenvalue weighted by Gasteiger charge is -2.19. The fraction of sp³-hybridized carbons (Fsp3) is 0.745. The first-order chi connectivity index (χ1) is 27.8. The third-order valence-electron chi connectivity index (χ3n) is 9.42. The van der Waals surface area contributed by atoms with Crippen LogP contribution in [0.25, 0.3) is 0 Å². The Labute approximate surface area is 349 Å². The summed E-state index contributed by atoms with van der Waals surface area (Å²) in [5, 5.41) is 0. The van der Waals surface area contributed by atoms with Gasteiger partial charge in [0.05, 0.1) is 13.2 Å². The van der Waals surface area contributed by atoms with Crippen LogP contribution in [0.3, 0.4) is 0 Å². The van der Waals surface area contributed by atoms with E-state index in [2.05, 4.69) is 74.6 Å². The smallest absolute Gasteiger partial charge is 0.462 e. The van der Waals surface area contributed by atoms with Crippen LogP contribution in [0.5, 0.6) is 0 Å². The Hall–Kier alpha value is -2.29. The molecule has 0 aromatic rings. The molecule has 0 aliphatic carbocycles. The summed E-state index contributed by atoms with van der Waals surface area (Å²) < 4.78 is 32.8. The number of unbranched alkanes of at least 4 members (excludes halogenated alkanes) is 19. The van der Waals surface area contributed by atoms with Gasteiger partial charge in [-0.2, -0.15) is 0 Å². The van der Waals surface area contributed by atoms with Crippen molar-refractivity contribution in [2.45, 2.75) is 200 Å². The SMILES string of the molecule is CCC=CCC=CCC=CCC=CCC=CCCCCCC(=O)OCC(COP(=O)(O)OCCN)OC(=O)CCCCCCCCCCCCCCCCCCC. The van der Waals surface area contributed by atoms with Gasteiger partial charge >= 0.3 is 19.8 Å². The van der Waals surface area contributed by atoms with E-state index in [0.717, 1.165) is 70.6 Å². The summed E-state index contributed by atoms with van der Waals surface area (Å²) in [7, 11) is -4.39. The monoisotopic (exact) mass is 822 g/mol. The van der Waals surface area contributed by atoms with E-state index in [1.165, 1.54) is 83.5 Å². The lowest BCUT2D eigenvalue weighted by atomic mass is 10.0. The molecule has 0 heterocycles. The van der Waals surface area contributed by atoms with Crippen LogP contribution in [0.4, 0.5) is 0 Å². The van der Waals surface area contributed by atoms with Crippen LogP contribution in [0.2, 0.25) is 0 Å². The molecule has 57 heavy (non-hydrogen) atoms. The van der Waals surface area contributed by atoms with Crippen molar-refractivity contribution in [2.75, 3.05) is 26.4 Å². The molecule has 0 bridgehead atoms. The predicted molar refractivity (Wildman–Crippen MR) is 238 cm³/mol. The van der Waals surface area contributed by atoms with Crippen LogP contribution in [-0.2, 0) is 32.7 Å². The summed E-state index contributed by atoms with van der Waals surface area (Å²) in [5.41, 5.74) is 5.35. The summed E-state index contributed by atoms with van der Waals surface area (Å²) in [5.74, 6) is -0.864. The fourth-order valence-corrected chi connectivity index (χ4v) is 6.84. The standard InChI is InChI=1S/C47H84NO8P/c1-3-5-7-9-11-13-15-17-19-21-22-24-25-27-29-31-33-35-37-39-46(49)53-43-45(44-55-57(51,52)54-42-41-48)56-47(50)40-38-36-34-32-30-28-26-23-20-18-16-14-12-10-8-6-4-2/h5,7,11,13,17,19,22,24,27,29,45H,3-4,6,8-10,12,14-16,18,20-21,23,25-26,28,30-44,48H2,1-2H3,(H,51,52). The van der Waals surface area contributed by atoms with E-state index < -0.39 is 32.5 Å². The number of nitrogens with two attached hydrogens (primary N) is 1. The first-order valence-corrected chi connectivity index (χ1v) is 24.3. The molecule has 0 fully saturated rings. The van der Waals surface area contributed by atoms with Gasteiger partial charge in [-0.25, -0.2) is 4.57 Å². The number of phosphoric acid groups is 1. The molecule has 0 radical (unpaired) electrons. The average molecular weight is 822 g/mol. The van der Waals surface area contributed by atoms with Crippen molar-refractivity contribution >= 4 is 19.8 Å².